The summed E-state index contributed by atoms with van der Waals surface area (Å²) in [6, 6.07) is 6.56. The van der Waals surface area contributed by atoms with Crippen LogP contribution in [0.5, 0.6) is 0 Å². The average Bonchev–Trinajstić information content (AvgIpc) is 2.98. The predicted octanol–water partition coefficient (Wildman–Crippen LogP) is 2.36. The van der Waals surface area contributed by atoms with Crippen molar-refractivity contribution in [2.75, 3.05) is 26.2 Å². The molecule has 2 aliphatic rings. The summed E-state index contributed by atoms with van der Waals surface area (Å²) in [6.45, 7) is 4.69. The van der Waals surface area contributed by atoms with Crippen LogP contribution in [0.1, 0.15) is 31.7 Å². The number of hydrogen-bond acceptors (Lipinski definition) is 3. The van der Waals surface area contributed by atoms with Gasteiger partial charge in [0.15, 0.2) is 0 Å². The fourth-order valence-electron chi connectivity index (χ4n) is 3.88. The second kappa shape index (κ2) is 7.12. The van der Waals surface area contributed by atoms with Gasteiger partial charge in [0.2, 0.25) is 5.91 Å². The highest BCUT2D eigenvalue weighted by molar-refractivity contribution is 5.82. The Morgan fingerprint density at radius 1 is 1.36 bits per heavy atom. The Bertz CT molecular complexity index is 666. The second-order valence-corrected chi connectivity index (χ2v) is 7.58. The number of piperidine rings is 1. The van der Waals surface area contributed by atoms with Crippen LogP contribution in [0, 0.1) is 17.2 Å². The van der Waals surface area contributed by atoms with E-state index in [0.717, 1.165) is 24.9 Å². The van der Waals surface area contributed by atoms with Crippen molar-refractivity contribution in [3.63, 3.8) is 0 Å². The minimum absolute atomic E-state index is 0.0638. The number of aliphatic carboxylic acids is 1. The van der Waals surface area contributed by atoms with E-state index in [1.165, 1.54) is 12.1 Å². The molecule has 1 aromatic carbocycles. The van der Waals surface area contributed by atoms with Crippen LogP contribution in [-0.4, -0.2) is 53.0 Å². The molecule has 0 radical (unpaired) electrons. The van der Waals surface area contributed by atoms with Crippen LogP contribution < -0.4 is 0 Å². The molecule has 2 atom stereocenters. The minimum atomic E-state index is -0.834. The third-order valence-electron chi connectivity index (χ3n) is 5.45. The molecule has 0 saturated carbocycles. The number of halogens is 1. The molecule has 0 bridgehead atoms. The van der Waals surface area contributed by atoms with Gasteiger partial charge in [-0.15, -0.1) is 0 Å². The van der Waals surface area contributed by atoms with Crippen molar-refractivity contribution in [1.29, 1.82) is 0 Å². The van der Waals surface area contributed by atoms with Crippen LogP contribution in [0.15, 0.2) is 24.3 Å². The average molecular weight is 348 g/mol. The molecule has 1 amide bonds. The number of carboxylic acids is 1. The lowest BCUT2D eigenvalue weighted by Crippen LogP contribution is -2.44. The molecule has 0 aliphatic carbocycles. The molecule has 6 heteroatoms. The number of carbonyl (C=O) groups excluding carboxylic acids is 1. The van der Waals surface area contributed by atoms with Gasteiger partial charge in [-0.1, -0.05) is 12.1 Å². The van der Waals surface area contributed by atoms with Gasteiger partial charge in [0.25, 0.3) is 0 Å². The largest absolute Gasteiger partial charge is 0.481 e. The fourth-order valence-corrected chi connectivity index (χ4v) is 3.88. The lowest BCUT2D eigenvalue weighted by molar-refractivity contribution is -0.147. The highest BCUT2D eigenvalue weighted by Gasteiger charge is 2.43. The van der Waals surface area contributed by atoms with E-state index in [1.807, 2.05) is 6.07 Å². The fraction of sp³-hybridized carbons (Fsp3) is 0.579. The van der Waals surface area contributed by atoms with Gasteiger partial charge >= 0.3 is 5.97 Å². The van der Waals surface area contributed by atoms with E-state index in [0.29, 0.717) is 32.6 Å². The second-order valence-electron chi connectivity index (χ2n) is 7.58. The number of amides is 1. The molecule has 25 heavy (non-hydrogen) atoms. The van der Waals surface area contributed by atoms with E-state index in [9.17, 15) is 19.1 Å². The number of carbonyl (C=O) groups is 2. The summed E-state index contributed by atoms with van der Waals surface area (Å²) in [5.41, 5.74) is 0.0821. The quantitative estimate of drug-likeness (QED) is 0.907. The molecule has 0 spiro atoms. The zero-order valence-corrected chi connectivity index (χ0v) is 14.6. The summed E-state index contributed by atoms with van der Waals surface area (Å²) < 4.78 is 13.3. The SMILES string of the molecule is CC1(C(=O)O)CCN(C(=O)C2CCCN(Cc3cccc(F)c3)C2)C1. The number of nitrogens with zero attached hydrogens (tertiary/aromatic N) is 2. The number of hydrogen-bond donors (Lipinski definition) is 1. The van der Waals surface area contributed by atoms with Gasteiger partial charge in [0.05, 0.1) is 11.3 Å². The molecule has 2 fully saturated rings. The topological polar surface area (TPSA) is 60.9 Å². The van der Waals surface area contributed by atoms with Crippen molar-refractivity contribution in [2.45, 2.75) is 32.7 Å². The standard InChI is InChI=1S/C19H25FN2O3/c1-19(18(24)25)7-9-22(13-19)17(23)15-5-3-8-21(12-15)11-14-4-2-6-16(20)10-14/h2,4,6,10,15H,3,5,7-9,11-13H2,1H3,(H,24,25). The first kappa shape index (κ1) is 17.9. The van der Waals surface area contributed by atoms with E-state index in [-0.39, 0.29) is 17.6 Å². The van der Waals surface area contributed by atoms with Crippen LogP contribution in [0.2, 0.25) is 0 Å². The summed E-state index contributed by atoms with van der Waals surface area (Å²) in [5.74, 6) is -1.11. The summed E-state index contributed by atoms with van der Waals surface area (Å²) >= 11 is 0. The van der Waals surface area contributed by atoms with Gasteiger partial charge in [0.1, 0.15) is 5.82 Å². The predicted molar refractivity (Wildman–Crippen MR) is 91.3 cm³/mol. The van der Waals surface area contributed by atoms with Crippen molar-refractivity contribution in [3.8, 4) is 0 Å². The minimum Gasteiger partial charge on any atom is -0.481 e. The van der Waals surface area contributed by atoms with E-state index in [4.69, 9.17) is 0 Å². The van der Waals surface area contributed by atoms with Gasteiger partial charge in [0, 0.05) is 26.2 Å². The summed E-state index contributed by atoms with van der Waals surface area (Å²) in [6.07, 6.45) is 2.27. The third kappa shape index (κ3) is 4.00. The van der Waals surface area contributed by atoms with E-state index in [1.54, 1.807) is 17.9 Å². The molecule has 2 heterocycles. The lowest BCUT2D eigenvalue weighted by Gasteiger charge is -2.34. The van der Waals surface area contributed by atoms with Gasteiger partial charge in [-0.05, 0) is 50.4 Å². The van der Waals surface area contributed by atoms with Crippen LogP contribution in [0.4, 0.5) is 4.39 Å². The van der Waals surface area contributed by atoms with Gasteiger partial charge < -0.3 is 10.0 Å². The van der Waals surface area contributed by atoms with Crippen molar-refractivity contribution in [2.24, 2.45) is 11.3 Å². The summed E-state index contributed by atoms with van der Waals surface area (Å²) in [7, 11) is 0. The first-order chi connectivity index (χ1) is 11.9. The first-order valence-corrected chi connectivity index (χ1v) is 8.86. The zero-order chi connectivity index (χ0) is 18.0. The van der Waals surface area contributed by atoms with Crippen LogP contribution >= 0.6 is 0 Å². The monoisotopic (exact) mass is 348 g/mol. The molecule has 3 rings (SSSR count). The maximum Gasteiger partial charge on any atom is 0.311 e. The smallest absolute Gasteiger partial charge is 0.311 e. The normalized spacial score (nSPS) is 27.4. The molecule has 1 aromatic rings. The number of rotatable bonds is 4. The molecule has 136 valence electrons. The zero-order valence-electron chi connectivity index (χ0n) is 14.6. The first-order valence-electron chi connectivity index (χ1n) is 8.86. The number of likely N-dealkylation sites (tertiary alicyclic amines) is 2. The van der Waals surface area contributed by atoms with Crippen molar-refractivity contribution >= 4 is 11.9 Å². The number of carboxylic acid groups (broad SMARTS) is 1. The number of benzene rings is 1. The van der Waals surface area contributed by atoms with Crippen molar-refractivity contribution < 1.29 is 19.1 Å². The molecule has 2 unspecified atom stereocenters. The van der Waals surface area contributed by atoms with Gasteiger partial charge in [-0.2, -0.15) is 0 Å². The highest BCUT2D eigenvalue weighted by atomic mass is 19.1. The Balaban J connectivity index is 1.59. The highest BCUT2D eigenvalue weighted by Crippen LogP contribution is 2.32. The van der Waals surface area contributed by atoms with Crippen LogP contribution in [0.3, 0.4) is 0 Å². The Morgan fingerprint density at radius 2 is 2.16 bits per heavy atom. The molecule has 1 N–H and O–H groups in total. The Kier molecular flexibility index (Phi) is 5.08. The van der Waals surface area contributed by atoms with Crippen molar-refractivity contribution in [1.82, 2.24) is 9.80 Å². The third-order valence-corrected chi connectivity index (χ3v) is 5.45. The summed E-state index contributed by atoms with van der Waals surface area (Å²) in [4.78, 5) is 28.1. The molecule has 0 aromatic heterocycles. The maximum atomic E-state index is 13.3. The molecule has 5 nitrogen and oxygen atoms in total. The van der Waals surface area contributed by atoms with Crippen molar-refractivity contribution in [3.05, 3.63) is 35.6 Å². The van der Waals surface area contributed by atoms with E-state index >= 15 is 0 Å². The summed E-state index contributed by atoms with van der Waals surface area (Å²) in [5, 5.41) is 9.33. The lowest BCUT2D eigenvalue weighted by atomic mass is 9.90. The Hall–Kier alpha value is -1.95. The van der Waals surface area contributed by atoms with Crippen LogP contribution in [0.25, 0.3) is 0 Å². The van der Waals surface area contributed by atoms with E-state index < -0.39 is 11.4 Å². The van der Waals surface area contributed by atoms with Gasteiger partial charge in [-0.3, -0.25) is 14.5 Å². The maximum absolute atomic E-state index is 13.3. The molecule has 2 aliphatic heterocycles. The molecule has 2 saturated heterocycles. The Morgan fingerprint density at radius 3 is 2.84 bits per heavy atom. The molecular weight excluding hydrogens is 323 g/mol. The molecular formula is C19H25FN2O3. The Labute approximate surface area is 147 Å². The van der Waals surface area contributed by atoms with E-state index in [2.05, 4.69) is 4.90 Å². The van der Waals surface area contributed by atoms with Crippen LogP contribution in [-0.2, 0) is 16.1 Å². The van der Waals surface area contributed by atoms with Gasteiger partial charge in [-0.25, -0.2) is 4.39 Å².